The van der Waals surface area contributed by atoms with Crippen molar-refractivity contribution in [3.63, 3.8) is 0 Å². The van der Waals surface area contributed by atoms with Crippen molar-refractivity contribution in [3.05, 3.63) is 41.3 Å². The first kappa shape index (κ1) is 16.8. The molecule has 3 rings (SSSR count). The molecule has 1 aliphatic rings. The van der Waals surface area contributed by atoms with Crippen molar-refractivity contribution in [2.24, 2.45) is 5.73 Å². The predicted molar refractivity (Wildman–Crippen MR) is 92.2 cm³/mol. The number of hydrogen-bond acceptors (Lipinski definition) is 5. The van der Waals surface area contributed by atoms with Crippen LogP contribution in [-0.4, -0.2) is 44.5 Å². The minimum atomic E-state index is -0.647. The Morgan fingerprint density at radius 2 is 1.96 bits per heavy atom. The Balaban J connectivity index is 1.68. The van der Waals surface area contributed by atoms with E-state index in [4.69, 9.17) is 11.5 Å². The molecule has 8 heteroatoms. The van der Waals surface area contributed by atoms with Gasteiger partial charge in [0.05, 0.1) is 6.33 Å². The quantitative estimate of drug-likeness (QED) is 0.767. The number of carbonyl (C=O) groups excluding carboxylic acids is 2. The lowest BCUT2D eigenvalue weighted by Gasteiger charge is -2.33. The van der Waals surface area contributed by atoms with Crippen molar-refractivity contribution >= 4 is 17.6 Å². The Kier molecular flexibility index (Phi) is 4.35. The molecule has 0 aliphatic carbocycles. The molecule has 1 saturated heterocycles. The van der Waals surface area contributed by atoms with Gasteiger partial charge >= 0.3 is 0 Å². The molecule has 1 aliphatic heterocycles. The van der Waals surface area contributed by atoms with E-state index < -0.39 is 5.91 Å². The number of aromatic hydroxyl groups is 1. The Hall–Kier alpha value is -3.03. The summed E-state index contributed by atoms with van der Waals surface area (Å²) in [6.07, 6.45) is 2.95. The first-order valence-electron chi connectivity index (χ1n) is 8.09. The van der Waals surface area contributed by atoms with Gasteiger partial charge in [-0.25, -0.2) is 4.98 Å². The van der Waals surface area contributed by atoms with Crippen molar-refractivity contribution in [2.75, 3.05) is 18.8 Å². The maximum absolute atomic E-state index is 12.6. The lowest BCUT2D eigenvalue weighted by molar-refractivity contribution is 0.0695. The number of nitrogen functional groups attached to an aromatic ring is 1. The Morgan fingerprint density at radius 3 is 2.52 bits per heavy atom. The summed E-state index contributed by atoms with van der Waals surface area (Å²) in [6.45, 7) is 2.91. The molecule has 5 N–H and O–H groups in total. The molecule has 25 heavy (non-hydrogen) atoms. The number of aryl methyl sites for hydroxylation is 1. The van der Waals surface area contributed by atoms with Gasteiger partial charge in [0.2, 0.25) is 0 Å². The predicted octanol–water partition coefficient (Wildman–Crippen LogP) is 1.06. The molecule has 2 aromatic rings. The highest BCUT2D eigenvalue weighted by atomic mass is 16.3. The summed E-state index contributed by atoms with van der Waals surface area (Å²) in [5, 5.41) is 9.59. The summed E-state index contributed by atoms with van der Waals surface area (Å²) in [4.78, 5) is 29.6. The molecule has 0 atom stereocenters. The molecule has 0 unspecified atom stereocenters. The van der Waals surface area contributed by atoms with Crippen LogP contribution in [0.5, 0.6) is 5.75 Å². The third-order valence-corrected chi connectivity index (χ3v) is 4.65. The first-order chi connectivity index (χ1) is 11.9. The van der Waals surface area contributed by atoms with Crippen LogP contribution in [0.25, 0.3) is 0 Å². The molecule has 132 valence electrons. The molecule has 2 amide bonds. The second-order valence-electron chi connectivity index (χ2n) is 6.27. The van der Waals surface area contributed by atoms with Gasteiger partial charge in [-0.2, -0.15) is 0 Å². The summed E-state index contributed by atoms with van der Waals surface area (Å²) in [5.74, 6) is -0.257. The minimum Gasteiger partial charge on any atom is -0.508 e. The maximum Gasteiger partial charge on any atom is 0.271 e. The number of rotatable bonds is 3. The van der Waals surface area contributed by atoms with E-state index in [0.29, 0.717) is 37.1 Å². The van der Waals surface area contributed by atoms with Crippen LogP contribution in [0.15, 0.2) is 24.5 Å². The molecule has 0 radical (unpaired) electrons. The number of amides is 2. The first-order valence-corrected chi connectivity index (χ1v) is 8.09. The lowest BCUT2D eigenvalue weighted by Crippen LogP contribution is -2.39. The highest BCUT2D eigenvalue weighted by molar-refractivity contribution is 5.95. The Morgan fingerprint density at radius 1 is 1.28 bits per heavy atom. The highest BCUT2D eigenvalue weighted by Gasteiger charge is 2.27. The van der Waals surface area contributed by atoms with Crippen LogP contribution < -0.4 is 11.5 Å². The minimum absolute atomic E-state index is 0.0574. The van der Waals surface area contributed by atoms with Gasteiger partial charge in [-0.1, -0.05) is 0 Å². The second-order valence-corrected chi connectivity index (χ2v) is 6.27. The van der Waals surface area contributed by atoms with Gasteiger partial charge in [-0.05, 0) is 43.5 Å². The lowest BCUT2D eigenvalue weighted by atomic mass is 10.0. The van der Waals surface area contributed by atoms with Crippen molar-refractivity contribution in [1.29, 1.82) is 0 Å². The van der Waals surface area contributed by atoms with Gasteiger partial charge in [-0.3, -0.25) is 9.59 Å². The SMILES string of the molecule is Cc1cc(C(=O)N2CCC(n3cnc(C(N)=O)c3N)CC2)ccc1O. The zero-order valence-corrected chi connectivity index (χ0v) is 14.0. The van der Waals surface area contributed by atoms with Crippen molar-refractivity contribution in [2.45, 2.75) is 25.8 Å². The van der Waals surface area contributed by atoms with Crippen LogP contribution in [-0.2, 0) is 0 Å². The number of anilines is 1. The van der Waals surface area contributed by atoms with Crippen LogP contribution in [0.3, 0.4) is 0 Å². The fraction of sp³-hybridized carbons (Fsp3) is 0.353. The fourth-order valence-corrected chi connectivity index (χ4v) is 3.17. The number of carbonyl (C=O) groups is 2. The molecule has 1 aromatic carbocycles. The monoisotopic (exact) mass is 343 g/mol. The third-order valence-electron chi connectivity index (χ3n) is 4.65. The number of likely N-dealkylation sites (tertiary alicyclic amines) is 1. The number of nitrogens with zero attached hydrogens (tertiary/aromatic N) is 3. The Bertz CT molecular complexity index is 822. The third kappa shape index (κ3) is 3.15. The number of phenolic OH excluding ortho intramolecular Hbond substituents is 1. The summed E-state index contributed by atoms with van der Waals surface area (Å²) in [7, 11) is 0. The average molecular weight is 343 g/mol. The van der Waals surface area contributed by atoms with E-state index in [1.807, 2.05) is 0 Å². The molecular formula is C17H21N5O3. The van der Waals surface area contributed by atoms with Crippen molar-refractivity contribution in [3.8, 4) is 5.75 Å². The summed E-state index contributed by atoms with van der Waals surface area (Å²) < 4.78 is 1.76. The molecule has 0 bridgehead atoms. The van der Waals surface area contributed by atoms with Crippen LogP contribution in [0, 0.1) is 6.92 Å². The Labute approximate surface area is 145 Å². The molecule has 2 heterocycles. The van der Waals surface area contributed by atoms with Crippen LogP contribution >= 0.6 is 0 Å². The number of nitrogens with two attached hydrogens (primary N) is 2. The van der Waals surface area contributed by atoms with Crippen molar-refractivity contribution in [1.82, 2.24) is 14.5 Å². The number of piperidine rings is 1. The molecular weight excluding hydrogens is 322 g/mol. The van der Waals surface area contributed by atoms with Gasteiger partial charge in [0.25, 0.3) is 11.8 Å². The molecule has 1 aromatic heterocycles. The fourth-order valence-electron chi connectivity index (χ4n) is 3.17. The summed E-state index contributed by atoms with van der Waals surface area (Å²) in [6, 6.07) is 4.93. The van der Waals surface area contributed by atoms with E-state index >= 15 is 0 Å². The van der Waals surface area contributed by atoms with Gasteiger partial charge in [0.1, 0.15) is 11.6 Å². The standard InChI is InChI=1S/C17H21N5O3/c1-10-8-11(2-3-13(10)23)17(25)21-6-4-12(5-7-21)22-9-20-14(15(22)18)16(19)24/h2-3,8-9,12,23H,4-7,18H2,1H3,(H2,19,24). The van der Waals surface area contributed by atoms with E-state index in [-0.39, 0.29) is 29.2 Å². The molecule has 8 nitrogen and oxygen atoms in total. The van der Waals surface area contributed by atoms with E-state index in [9.17, 15) is 14.7 Å². The van der Waals surface area contributed by atoms with Gasteiger partial charge in [-0.15, -0.1) is 0 Å². The summed E-state index contributed by atoms with van der Waals surface area (Å²) >= 11 is 0. The van der Waals surface area contributed by atoms with E-state index in [0.717, 1.165) is 0 Å². The number of benzene rings is 1. The van der Waals surface area contributed by atoms with Crippen LogP contribution in [0.2, 0.25) is 0 Å². The van der Waals surface area contributed by atoms with E-state index in [1.54, 1.807) is 28.5 Å². The average Bonchev–Trinajstić information content (AvgIpc) is 2.98. The largest absolute Gasteiger partial charge is 0.508 e. The molecule has 1 fully saturated rings. The zero-order chi connectivity index (χ0) is 18.1. The second kappa shape index (κ2) is 6.46. The highest BCUT2D eigenvalue weighted by Crippen LogP contribution is 2.27. The number of hydrogen-bond donors (Lipinski definition) is 3. The van der Waals surface area contributed by atoms with Crippen molar-refractivity contribution < 1.29 is 14.7 Å². The van der Waals surface area contributed by atoms with Crippen LogP contribution in [0.1, 0.15) is 45.3 Å². The summed E-state index contributed by atoms with van der Waals surface area (Å²) in [5.41, 5.74) is 12.5. The van der Waals surface area contributed by atoms with Gasteiger partial charge < -0.3 is 26.0 Å². The van der Waals surface area contributed by atoms with E-state index in [2.05, 4.69) is 4.98 Å². The molecule has 0 saturated carbocycles. The number of imidazole rings is 1. The zero-order valence-electron chi connectivity index (χ0n) is 14.0. The number of aromatic nitrogens is 2. The normalized spacial score (nSPS) is 15.3. The van der Waals surface area contributed by atoms with Gasteiger partial charge in [0, 0.05) is 24.7 Å². The van der Waals surface area contributed by atoms with E-state index in [1.165, 1.54) is 12.4 Å². The molecule has 0 spiro atoms. The number of phenols is 1. The number of primary amides is 1. The topological polar surface area (TPSA) is 127 Å². The smallest absolute Gasteiger partial charge is 0.271 e. The van der Waals surface area contributed by atoms with Gasteiger partial charge in [0.15, 0.2) is 5.69 Å². The van der Waals surface area contributed by atoms with Crippen LogP contribution in [0.4, 0.5) is 5.82 Å². The maximum atomic E-state index is 12.6.